The summed E-state index contributed by atoms with van der Waals surface area (Å²) in [4.78, 5) is 25.1. The molecule has 1 aliphatic heterocycles. The molecule has 0 spiro atoms. The number of hydrogen-bond acceptors (Lipinski definition) is 5. The molecule has 0 unspecified atom stereocenters. The minimum atomic E-state index is 0.0346. The number of hydrogen-bond donors (Lipinski definition) is 1. The summed E-state index contributed by atoms with van der Waals surface area (Å²) in [6, 6.07) is 0.0346. The molecule has 1 saturated heterocycles. The fourth-order valence-corrected chi connectivity index (χ4v) is 3.64. The first-order valence-corrected chi connectivity index (χ1v) is 9.19. The zero-order chi connectivity index (χ0) is 16.9. The van der Waals surface area contributed by atoms with Crippen LogP contribution >= 0.6 is 11.3 Å². The molecule has 8 heteroatoms. The molecule has 130 valence electrons. The maximum absolute atomic E-state index is 12.2. The van der Waals surface area contributed by atoms with Gasteiger partial charge in [0.25, 0.3) is 0 Å². The van der Waals surface area contributed by atoms with Gasteiger partial charge in [0.2, 0.25) is 0 Å². The highest BCUT2D eigenvalue weighted by atomic mass is 32.1. The fraction of sp³-hybridized carbons (Fsp3) is 0.562. The topological polar surface area (TPSA) is 66.3 Å². The Bertz CT molecular complexity index is 674. The molecule has 0 aromatic carbocycles. The average Bonchev–Trinajstić information content (AvgIpc) is 3.20. The molecule has 1 aliphatic rings. The second-order valence-corrected chi connectivity index (χ2v) is 6.84. The number of piperazine rings is 1. The van der Waals surface area contributed by atoms with Crippen molar-refractivity contribution >= 4 is 22.5 Å². The van der Waals surface area contributed by atoms with Crippen LogP contribution in [0.15, 0.2) is 17.8 Å². The zero-order valence-electron chi connectivity index (χ0n) is 14.2. The van der Waals surface area contributed by atoms with Crippen LogP contribution in [0.2, 0.25) is 0 Å². The molecule has 0 saturated carbocycles. The van der Waals surface area contributed by atoms with Crippen LogP contribution in [0.1, 0.15) is 17.9 Å². The van der Waals surface area contributed by atoms with Crippen LogP contribution in [0.4, 0.5) is 9.93 Å². The Balaban J connectivity index is 1.37. The lowest BCUT2D eigenvalue weighted by molar-refractivity contribution is 0.194. The average molecular weight is 348 g/mol. The Labute approximate surface area is 146 Å². The van der Waals surface area contributed by atoms with Crippen LogP contribution in [-0.4, -0.2) is 58.2 Å². The van der Waals surface area contributed by atoms with Crippen LogP contribution in [0.3, 0.4) is 0 Å². The van der Waals surface area contributed by atoms with E-state index in [1.165, 1.54) is 0 Å². The number of anilines is 1. The van der Waals surface area contributed by atoms with E-state index < -0.39 is 0 Å². The molecule has 0 atom stereocenters. The molecule has 1 fully saturated rings. The highest BCUT2D eigenvalue weighted by molar-refractivity contribution is 7.13. The van der Waals surface area contributed by atoms with Gasteiger partial charge in [-0.2, -0.15) is 0 Å². The minimum Gasteiger partial charge on any atom is -0.345 e. The maximum atomic E-state index is 12.2. The van der Waals surface area contributed by atoms with Gasteiger partial charge >= 0.3 is 6.03 Å². The second kappa shape index (κ2) is 7.65. The first-order chi connectivity index (χ1) is 11.6. The monoisotopic (exact) mass is 348 g/mol. The van der Waals surface area contributed by atoms with Crippen molar-refractivity contribution in [1.29, 1.82) is 0 Å². The van der Waals surface area contributed by atoms with Crippen LogP contribution < -0.4 is 10.2 Å². The van der Waals surface area contributed by atoms with E-state index in [0.717, 1.165) is 55.8 Å². The molecule has 2 aromatic heterocycles. The lowest BCUT2D eigenvalue weighted by Crippen LogP contribution is -2.52. The number of nitrogens with one attached hydrogen (secondary N) is 1. The number of aromatic nitrogens is 3. The van der Waals surface area contributed by atoms with Gasteiger partial charge in [-0.1, -0.05) is 0 Å². The summed E-state index contributed by atoms with van der Waals surface area (Å²) in [6.07, 6.45) is 4.68. The van der Waals surface area contributed by atoms with Crippen molar-refractivity contribution in [3.8, 4) is 0 Å². The third-order valence-corrected chi connectivity index (χ3v) is 5.24. The highest BCUT2D eigenvalue weighted by Gasteiger charge is 2.22. The van der Waals surface area contributed by atoms with Gasteiger partial charge in [-0.15, -0.1) is 11.3 Å². The van der Waals surface area contributed by atoms with Crippen LogP contribution in [-0.2, 0) is 6.54 Å². The molecule has 3 rings (SSSR count). The van der Waals surface area contributed by atoms with E-state index in [9.17, 15) is 4.79 Å². The largest absolute Gasteiger partial charge is 0.345 e. The molecule has 0 aliphatic carbocycles. The van der Waals surface area contributed by atoms with E-state index in [1.54, 1.807) is 17.5 Å². The standard InChI is InChI=1S/C16H24N6OS/c1-13-12-24-16(19-13)22-10-8-21(9-11-22)15(23)18-4-3-6-20-7-5-17-14(20)2/h5,7,12H,3-4,6,8-11H2,1-2H3,(H,18,23). The van der Waals surface area contributed by atoms with E-state index in [-0.39, 0.29) is 6.03 Å². The number of carbonyl (C=O) groups excluding carboxylic acids is 1. The Kier molecular flexibility index (Phi) is 5.34. The summed E-state index contributed by atoms with van der Waals surface area (Å²) in [5, 5.41) is 6.14. The van der Waals surface area contributed by atoms with E-state index in [2.05, 4.69) is 30.1 Å². The fourth-order valence-electron chi connectivity index (χ4n) is 2.78. The summed E-state index contributed by atoms with van der Waals surface area (Å²) in [5.74, 6) is 1.01. The number of rotatable bonds is 5. The molecule has 0 radical (unpaired) electrons. The number of carbonyl (C=O) groups is 1. The molecule has 1 N–H and O–H groups in total. The summed E-state index contributed by atoms with van der Waals surface area (Å²) < 4.78 is 2.10. The van der Waals surface area contributed by atoms with Crippen molar-refractivity contribution in [2.45, 2.75) is 26.8 Å². The number of nitrogens with zero attached hydrogens (tertiary/aromatic N) is 5. The summed E-state index contributed by atoms with van der Waals surface area (Å²) in [7, 11) is 0. The molecule has 2 amide bonds. The van der Waals surface area contributed by atoms with Crippen molar-refractivity contribution in [1.82, 2.24) is 24.8 Å². The second-order valence-electron chi connectivity index (χ2n) is 6.00. The Morgan fingerprint density at radius 3 is 2.71 bits per heavy atom. The SMILES string of the molecule is Cc1csc(N2CCN(C(=O)NCCCn3ccnc3C)CC2)n1. The summed E-state index contributed by atoms with van der Waals surface area (Å²) in [5.41, 5.74) is 1.06. The van der Waals surface area contributed by atoms with Gasteiger partial charge in [0, 0.05) is 57.0 Å². The van der Waals surface area contributed by atoms with E-state index in [1.807, 2.05) is 24.9 Å². The van der Waals surface area contributed by atoms with Crippen LogP contribution in [0.25, 0.3) is 0 Å². The van der Waals surface area contributed by atoms with Crippen molar-refractivity contribution in [2.24, 2.45) is 0 Å². The third-order valence-electron chi connectivity index (χ3n) is 4.22. The normalized spacial score (nSPS) is 14.9. The van der Waals surface area contributed by atoms with Crippen LogP contribution in [0, 0.1) is 13.8 Å². The van der Waals surface area contributed by atoms with Crippen molar-refractivity contribution in [2.75, 3.05) is 37.6 Å². The molecule has 7 nitrogen and oxygen atoms in total. The number of amides is 2. The van der Waals surface area contributed by atoms with Crippen molar-refractivity contribution < 1.29 is 4.79 Å². The number of thiazole rings is 1. The highest BCUT2D eigenvalue weighted by Crippen LogP contribution is 2.21. The molecule has 3 heterocycles. The lowest BCUT2D eigenvalue weighted by Gasteiger charge is -2.34. The number of imidazole rings is 1. The van der Waals surface area contributed by atoms with Gasteiger partial charge < -0.3 is 19.7 Å². The first kappa shape index (κ1) is 16.8. The quantitative estimate of drug-likeness (QED) is 0.838. The zero-order valence-corrected chi connectivity index (χ0v) is 15.1. The Morgan fingerprint density at radius 2 is 2.08 bits per heavy atom. The van der Waals surface area contributed by atoms with E-state index >= 15 is 0 Å². The van der Waals surface area contributed by atoms with Gasteiger partial charge in [-0.05, 0) is 20.3 Å². The van der Waals surface area contributed by atoms with Crippen LogP contribution in [0.5, 0.6) is 0 Å². The molecule has 2 aromatic rings. The van der Waals surface area contributed by atoms with E-state index in [4.69, 9.17) is 0 Å². The lowest BCUT2D eigenvalue weighted by atomic mass is 10.3. The predicted molar refractivity (Wildman–Crippen MR) is 95.6 cm³/mol. The maximum Gasteiger partial charge on any atom is 0.317 e. The van der Waals surface area contributed by atoms with Gasteiger partial charge in [0.1, 0.15) is 5.82 Å². The van der Waals surface area contributed by atoms with Gasteiger partial charge in [0.15, 0.2) is 5.13 Å². The van der Waals surface area contributed by atoms with Gasteiger partial charge in [0.05, 0.1) is 5.69 Å². The van der Waals surface area contributed by atoms with Gasteiger partial charge in [-0.25, -0.2) is 14.8 Å². The number of aryl methyl sites for hydroxylation is 3. The first-order valence-electron chi connectivity index (χ1n) is 8.31. The predicted octanol–water partition coefficient (Wildman–Crippen LogP) is 1.88. The molecular formula is C16H24N6OS. The van der Waals surface area contributed by atoms with Crippen molar-refractivity contribution in [3.05, 3.63) is 29.3 Å². The molecular weight excluding hydrogens is 324 g/mol. The summed E-state index contributed by atoms with van der Waals surface area (Å²) in [6.45, 7) is 8.72. The Hall–Kier alpha value is -2.09. The smallest absolute Gasteiger partial charge is 0.317 e. The molecule has 24 heavy (non-hydrogen) atoms. The van der Waals surface area contributed by atoms with Gasteiger partial charge in [-0.3, -0.25) is 0 Å². The molecule has 0 bridgehead atoms. The van der Waals surface area contributed by atoms with Crippen molar-refractivity contribution in [3.63, 3.8) is 0 Å². The third kappa shape index (κ3) is 4.05. The van der Waals surface area contributed by atoms with E-state index in [0.29, 0.717) is 6.54 Å². The Morgan fingerprint density at radius 1 is 1.29 bits per heavy atom. The number of urea groups is 1. The minimum absolute atomic E-state index is 0.0346. The summed E-state index contributed by atoms with van der Waals surface area (Å²) >= 11 is 1.67.